The lowest BCUT2D eigenvalue weighted by Gasteiger charge is -2.14. The molecule has 2 aromatic rings. The van der Waals surface area contributed by atoms with Gasteiger partial charge in [-0.2, -0.15) is 0 Å². The topological polar surface area (TPSA) is 20.2 Å². The Labute approximate surface area is 109 Å². The van der Waals surface area contributed by atoms with Crippen molar-refractivity contribution in [3.63, 3.8) is 0 Å². The number of hydrogen-bond donors (Lipinski definition) is 1. The fourth-order valence-corrected chi connectivity index (χ4v) is 2.01. The summed E-state index contributed by atoms with van der Waals surface area (Å²) in [7, 11) is 0. The highest BCUT2D eigenvalue weighted by molar-refractivity contribution is 6.31. The van der Waals surface area contributed by atoms with Gasteiger partial charge in [0.25, 0.3) is 0 Å². The Balaban J connectivity index is 2.41. The maximum Gasteiger partial charge on any atom is 0.126 e. The third-order valence-electron chi connectivity index (χ3n) is 2.75. The highest BCUT2D eigenvalue weighted by Gasteiger charge is 2.15. The number of rotatable bonds is 2. The van der Waals surface area contributed by atoms with Crippen LogP contribution in [0.5, 0.6) is 0 Å². The summed E-state index contributed by atoms with van der Waals surface area (Å²) < 4.78 is 26.1. The van der Waals surface area contributed by atoms with Gasteiger partial charge in [-0.25, -0.2) is 8.78 Å². The van der Waals surface area contributed by atoms with Crippen LogP contribution in [0.4, 0.5) is 8.78 Å². The Morgan fingerprint density at radius 1 is 1.11 bits per heavy atom. The molecule has 0 saturated heterocycles. The van der Waals surface area contributed by atoms with Crippen LogP contribution in [0.25, 0.3) is 0 Å². The summed E-state index contributed by atoms with van der Waals surface area (Å²) >= 11 is 5.87. The minimum absolute atomic E-state index is 0.143. The molecule has 94 valence electrons. The minimum atomic E-state index is -1.00. The highest BCUT2D eigenvalue weighted by atomic mass is 35.5. The largest absolute Gasteiger partial charge is 0.384 e. The molecule has 0 aliphatic rings. The molecule has 2 aromatic carbocycles. The molecule has 0 amide bonds. The number of halogens is 3. The molecule has 0 heterocycles. The molecule has 0 fully saturated rings. The molecule has 1 N–H and O–H groups in total. The first kappa shape index (κ1) is 13.0. The predicted octanol–water partition coefficient (Wildman–Crippen LogP) is 4.01. The van der Waals surface area contributed by atoms with Crippen molar-refractivity contribution in [2.75, 3.05) is 0 Å². The van der Waals surface area contributed by atoms with Crippen LogP contribution in [-0.4, -0.2) is 5.11 Å². The summed E-state index contributed by atoms with van der Waals surface area (Å²) in [4.78, 5) is 0. The molecule has 2 rings (SSSR count). The molecule has 0 aliphatic heterocycles. The number of hydrogen-bond acceptors (Lipinski definition) is 1. The lowest BCUT2D eigenvalue weighted by molar-refractivity contribution is 0.220. The average molecular weight is 269 g/mol. The van der Waals surface area contributed by atoms with Crippen molar-refractivity contribution in [3.05, 3.63) is 69.7 Å². The fraction of sp³-hybridized carbons (Fsp3) is 0.143. The van der Waals surface area contributed by atoms with E-state index in [1.807, 2.05) is 0 Å². The molecule has 0 aromatic heterocycles. The zero-order valence-corrected chi connectivity index (χ0v) is 10.4. The summed E-state index contributed by atoms with van der Waals surface area (Å²) in [6.07, 6.45) is -1.00. The highest BCUT2D eigenvalue weighted by Crippen LogP contribution is 2.29. The van der Waals surface area contributed by atoms with Crippen LogP contribution >= 0.6 is 11.6 Å². The summed E-state index contributed by atoms with van der Waals surface area (Å²) in [5, 5.41) is 10.3. The van der Waals surface area contributed by atoms with Crippen LogP contribution in [0.15, 0.2) is 36.4 Å². The molecular formula is C14H11ClF2O. The zero-order chi connectivity index (χ0) is 13.3. The van der Waals surface area contributed by atoms with Crippen LogP contribution in [0.2, 0.25) is 5.02 Å². The Kier molecular flexibility index (Phi) is 3.64. The Bertz CT molecular complexity index is 584. The van der Waals surface area contributed by atoms with Crippen molar-refractivity contribution in [1.29, 1.82) is 0 Å². The zero-order valence-electron chi connectivity index (χ0n) is 9.62. The van der Waals surface area contributed by atoms with E-state index in [2.05, 4.69) is 0 Å². The maximum absolute atomic E-state index is 13.1. The normalized spacial score (nSPS) is 12.5. The van der Waals surface area contributed by atoms with E-state index in [0.29, 0.717) is 16.7 Å². The lowest BCUT2D eigenvalue weighted by Crippen LogP contribution is -2.02. The predicted molar refractivity (Wildman–Crippen MR) is 66.6 cm³/mol. The number of benzene rings is 2. The summed E-state index contributed by atoms with van der Waals surface area (Å²) in [5.41, 5.74) is 1.34. The van der Waals surface area contributed by atoms with Crippen molar-refractivity contribution in [2.45, 2.75) is 13.0 Å². The number of aryl methyl sites for hydroxylation is 1. The van der Waals surface area contributed by atoms with E-state index >= 15 is 0 Å². The van der Waals surface area contributed by atoms with Crippen LogP contribution in [0, 0.1) is 18.6 Å². The van der Waals surface area contributed by atoms with Crippen LogP contribution in [0.3, 0.4) is 0 Å². The van der Waals surface area contributed by atoms with Gasteiger partial charge < -0.3 is 5.11 Å². The molecule has 4 heteroatoms. The van der Waals surface area contributed by atoms with Crippen molar-refractivity contribution in [1.82, 2.24) is 0 Å². The van der Waals surface area contributed by atoms with Gasteiger partial charge in [-0.05, 0) is 36.2 Å². The van der Waals surface area contributed by atoms with E-state index in [-0.39, 0.29) is 10.8 Å². The Morgan fingerprint density at radius 2 is 1.83 bits per heavy atom. The van der Waals surface area contributed by atoms with Crippen molar-refractivity contribution in [2.24, 2.45) is 0 Å². The van der Waals surface area contributed by atoms with E-state index in [9.17, 15) is 13.9 Å². The van der Waals surface area contributed by atoms with Gasteiger partial charge in [0, 0.05) is 10.6 Å². The van der Waals surface area contributed by atoms with Gasteiger partial charge in [0.2, 0.25) is 0 Å². The van der Waals surface area contributed by atoms with Crippen molar-refractivity contribution >= 4 is 11.6 Å². The third kappa shape index (κ3) is 2.52. The molecule has 1 unspecified atom stereocenters. The quantitative estimate of drug-likeness (QED) is 0.873. The van der Waals surface area contributed by atoms with Gasteiger partial charge in [0.05, 0.1) is 0 Å². The molecule has 0 bridgehead atoms. The molecule has 0 saturated carbocycles. The molecule has 1 atom stereocenters. The van der Waals surface area contributed by atoms with Crippen LogP contribution in [-0.2, 0) is 0 Å². The minimum Gasteiger partial charge on any atom is -0.384 e. The van der Waals surface area contributed by atoms with Gasteiger partial charge in [-0.3, -0.25) is 0 Å². The lowest BCUT2D eigenvalue weighted by atomic mass is 10.00. The summed E-state index contributed by atoms with van der Waals surface area (Å²) in [5.74, 6) is -0.803. The van der Waals surface area contributed by atoms with Crippen molar-refractivity contribution in [3.8, 4) is 0 Å². The van der Waals surface area contributed by atoms with Gasteiger partial charge in [0.1, 0.15) is 17.7 Å². The first-order valence-corrected chi connectivity index (χ1v) is 5.76. The van der Waals surface area contributed by atoms with E-state index in [1.165, 1.54) is 24.3 Å². The Hall–Kier alpha value is -1.45. The summed E-state index contributed by atoms with van der Waals surface area (Å²) in [6, 6.07) is 8.08. The second-order valence-corrected chi connectivity index (χ2v) is 4.48. The second-order valence-electron chi connectivity index (χ2n) is 4.08. The molecule has 0 radical (unpaired) electrons. The van der Waals surface area contributed by atoms with E-state index in [1.54, 1.807) is 13.0 Å². The molecule has 1 nitrogen and oxygen atoms in total. The van der Waals surface area contributed by atoms with Crippen molar-refractivity contribution < 1.29 is 13.9 Å². The fourth-order valence-electron chi connectivity index (χ4n) is 1.74. The van der Waals surface area contributed by atoms with Gasteiger partial charge >= 0.3 is 0 Å². The monoisotopic (exact) mass is 268 g/mol. The van der Waals surface area contributed by atoms with E-state index in [0.717, 1.165) is 6.07 Å². The first-order valence-electron chi connectivity index (χ1n) is 5.38. The number of aliphatic hydroxyl groups excluding tert-OH is 1. The SMILES string of the molecule is Cc1cc(C(O)c2ccc(F)cc2Cl)ccc1F. The molecule has 0 spiro atoms. The van der Waals surface area contributed by atoms with Gasteiger partial charge in [-0.1, -0.05) is 29.8 Å². The standard InChI is InChI=1S/C14H11ClF2O/c1-8-6-9(2-5-13(8)17)14(18)11-4-3-10(16)7-12(11)15/h2-7,14,18H,1H3. The Morgan fingerprint density at radius 3 is 2.44 bits per heavy atom. The maximum atomic E-state index is 13.1. The number of aliphatic hydroxyl groups is 1. The molecule has 18 heavy (non-hydrogen) atoms. The van der Waals surface area contributed by atoms with Gasteiger partial charge in [0.15, 0.2) is 0 Å². The average Bonchev–Trinajstić information content (AvgIpc) is 2.32. The first-order chi connectivity index (χ1) is 8.49. The molecular weight excluding hydrogens is 258 g/mol. The van der Waals surface area contributed by atoms with E-state index in [4.69, 9.17) is 11.6 Å². The van der Waals surface area contributed by atoms with Crippen LogP contribution < -0.4 is 0 Å². The third-order valence-corrected chi connectivity index (χ3v) is 3.08. The van der Waals surface area contributed by atoms with Gasteiger partial charge in [-0.15, -0.1) is 0 Å². The molecule has 0 aliphatic carbocycles. The second kappa shape index (κ2) is 5.04. The van der Waals surface area contributed by atoms with Crippen LogP contribution in [0.1, 0.15) is 22.8 Å². The van der Waals surface area contributed by atoms with E-state index < -0.39 is 11.9 Å². The summed E-state index contributed by atoms with van der Waals surface area (Å²) in [6.45, 7) is 1.61. The smallest absolute Gasteiger partial charge is 0.126 e.